The minimum Gasteiger partial charge on any atom is -0.378 e. The third-order valence-electron chi connectivity index (χ3n) is 4.89. The van der Waals surface area contributed by atoms with Crippen LogP contribution in [0.2, 0.25) is 0 Å². The fourth-order valence-corrected chi connectivity index (χ4v) is 3.82. The van der Waals surface area contributed by atoms with Crippen LogP contribution in [0.5, 0.6) is 0 Å². The van der Waals surface area contributed by atoms with E-state index in [9.17, 15) is 0 Å². The average Bonchev–Trinajstić information content (AvgIpc) is 3.09. The molecule has 0 aliphatic carbocycles. The van der Waals surface area contributed by atoms with Crippen LogP contribution >= 0.6 is 0 Å². The van der Waals surface area contributed by atoms with Gasteiger partial charge in [-0.3, -0.25) is 4.90 Å². The summed E-state index contributed by atoms with van der Waals surface area (Å²) in [6, 6.07) is 20.7. The molecule has 1 saturated heterocycles. The summed E-state index contributed by atoms with van der Waals surface area (Å²) in [5.74, 6) is 0. The summed E-state index contributed by atoms with van der Waals surface area (Å²) in [6.07, 6.45) is 3.87. The van der Waals surface area contributed by atoms with Crippen LogP contribution in [0.4, 0.5) is 5.69 Å². The summed E-state index contributed by atoms with van der Waals surface area (Å²) in [4.78, 5) is 2.68. The maximum atomic E-state index is 3.74. The van der Waals surface area contributed by atoms with E-state index in [0.717, 1.165) is 0 Å². The molecule has 1 N–H and O–H groups in total. The van der Waals surface area contributed by atoms with Crippen molar-refractivity contribution in [3.05, 3.63) is 65.7 Å². The second-order valence-corrected chi connectivity index (χ2v) is 6.19. The van der Waals surface area contributed by atoms with Gasteiger partial charge in [0.15, 0.2) is 0 Å². The monoisotopic (exact) mass is 278 g/mol. The van der Waals surface area contributed by atoms with Crippen molar-refractivity contribution in [1.29, 1.82) is 0 Å². The molecular weight excluding hydrogens is 256 g/mol. The van der Waals surface area contributed by atoms with Crippen LogP contribution in [-0.4, -0.2) is 18.0 Å². The molecule has 4 rings (SSSR count). The van der Waals surface area contributed by atoms with Crippen LogP contribution in [0.15, 0.2) is 54.6 Å². The van der Waals surface area contributed by atoms with Crippen molar-refractivity contribution >= 4 is 5.69 Å². The van der Waals surface area contributed by atoms with Crippen LogP contribution in [0.1, 0.15) is 42.5 Å². The molecule has 2 aromatic rings. The minimum absolute atomic E-state index is 0.423. The number of hydrogen-bond acceptors (Lipinski definition) is 2. The van der Waals surface area contributed by atoms with Crippen molar-refractivity contribution < 1.29 is 0 Å². The van der Waals surface area contributed by atoms with E-state index in [0.29, 0.717) is 12.1 Å². The number of fused-ring (bicyclic) bond motifs is 1. The van der Waals surface area contributed by atoms with Crippen molar-refractivity contribution in [3.8, 4) is 0 Å². The second-order valence-electron chi connectivity index (χ2n) is 6.19. The fourth-order valence-electron chi connectivity index (χ4n) is 3.82. The maximum absolute atomic E-state index is 3.74. The second kappa shape index (κ2) is 5.53. The first-order valence-corrected chi connectivity index (χ1v) is 8.06. The molecule has 0 amide bonds. The van der Waals surface area contributed by atoms with Crippen molar-refractivity contribution in [2.75, 3.05) is 18.4 Å². The summed E-state index contributed by atoms with van der Waals surface area (Å²) in [7, 11) is 0. The third-order valence-corrected chi connectivity index (χ3v) is 4.89. The fraction of sp³-hybridized carbons (Fsp3) is 0.368. The molecule has 2 aromatic carbocycles. The molecule has 0 bridgehead atoms. The minimum atomic E-state index is 0.423. The maximum Gasteiger partial charge on any atom is 0.0532 e. The smallest absolute Gasteiger partial charge is 0.0532 e. The predicted molar refractivity (Wildman–Crippen MR) is 87.4 cm³/mol. The first-order chi connectivity index (χ1) is 10.4. The Balaban J connectivity index is 1.69. The molecule has 2 heteroatoms. The van der Waals surface area contributed by atoms with Gasteiger partial charge in [-0.05, 0) is 49.5 Å². The zero-order valence-electron chi connectivity index (χ0n) is 12.3. The lowest BCUT2D eigenvalue weighted by Gasteiger charge is -2.38. The molecule has 0 aromatic heterocycles. The lowest BCUT2D eigenvalue weighted by atomic mass is 9.88. The van der Waals surface area contributed by atoms with Crippen molar-refractivity contribution in [2.45, 2.75) is 31.3 Å². The van der Waals surface area contributed by atoms with Gasteiger partial charge in [0.05, 0.1) is 6.04 Å². The number of likely N-dealkylation sites (tertiary alicyclic amines) is 1. The van der Waals surface area contributed by atoms with Gasteiger partial charge in [0.2, 0.25) is 0 Å². The van der Waals surface area contributed by atoms with Gasteiger partial charge < -0.3 is 5.32 Å². The Morgan fingerprint density at radius 2 is 1.57 bits per heavy atom. The molecule has 2 heterocycles. The first-order valence-electron chi connectivity index (χ1n) is 8.06. The normalized spacial score (nSPS) is 25.3. The molecule has 1 fully saturated rings. The lowest BCUT2D eigenvalue weighted by Crippen LogP contribution is -2.32. The highest BCUT2D eigenvalue weighted by Gasteiger charge is 2.32. The van der Waals surface area contributed by atoms with E-state index in [1.807, 2.05) is 0 Å². The molecule has 2 atom stereocenters. The van der Waals surface area contributed by atoms with Crippen LogP contribution in [0, 0.1) is 0 Å². The summed E-state index contributed by atoms with van der Waals surface area (Å²) in [5.41, 5.74) is 4.19. The van der Waals surface area contributed by atoms with Gasteiger partial charge >= 0.3 is 0 Å². The summed E-state index contributed by atoms with van der Waals surface area (Å²) in [5, 5.41) is 3.74. The third kappa shape index (κ3) is 2.44. The van der Waals surface area contributed by atoms with Gasteiger partial charge in [-0.25, -0.2) is 0 Å². The Hall–Kier alpha value is -1.80. The van der Waals surface area contributed by atoms with E-state index < -0.39 is 0 Å². The number of para-hydroxylation sites is 1. The molecule has 21 heavy (non-hydrogen) atoms. The van der Waals surface area contributed by atoms with Crippen LogP contribution < -0.4 is 5.32 Å². The molecule has 108 valence electrons. The molecule has 0 radical (unpaired) electrons. The number of nitrogens with zero attached hydrogens (tertiary/aromatic N) is 1. The van der Waals surface area contributed by atoms with Crippen LogP contribution in [0.3, 0.4) is 0 Å². The Bertz CT molecular complexity index is 602. The molecule has 2 nitrogen and oxygen atoms in total. The summed E-state index contributed by atoms with van der Waals surface area (Å²) < 4.78 is 0. The highest BCUT2D eigenvalue weighted by molar-refractivity contribution is 5.56. The van der Waals surface area contributed by atoms with Crippen LogP contribution in [-0.2, 0) is 0 Å². The standard InChI is InChI=1S/C19H22N2/c1-2-8-15(9-3-1)18-14-19(21-12-6-7-13-21)16-10-4-5-11-17(16)20-18/h1-5,8-11,18-20H,6-7,12-14H2. The number of nitrogens with one attached hydrogen (secondary N) is 1. The highest BCUT2D eigenvalue weighted by atomic mass is 15.2. The van der Waals surface area contributed by atoms with E-state index in [4.69, 9.17) is 0 Å². The molecule has 2 aliphatic rings. The number of hydrogen-bond donors (Lipinski definition) is 1. The van der Waals surface area contributed by atoms with Gasteiger partial charge in [0.25, 0.3) is 0 Å². The van der Waals surface area contributed by atoms with Gasteiger partial charge in [-0.15, -0.1) is 0 Å². The van der Waals surface area contributed by atoms with E-state index in [1.54, 1.807) is 0 Å². The van der Waals surface area contributed by atoms with E-state index >= 15 is 0 Å². The molecule has 0 saturated carbocycles. The van der Waals surface area contributed by atoms with Gasteiger partial charge in [-0.1, -0.05) is 48.5 Å². The Morgan fingerprint density at radius 3 is 2.38 bits per heavy atom. The van der Waals surface area contributed by atoms with Gasteiger partial charge in [0, 0.05) is 11.7 Å². The Kier molecular flexibility index (Phi) is 3.40. The largest absolute Gasteiger partial charge is 0.378 e. The van der Waals surface area contributed by atoms with Crippen molar-refractivity contribution in [2.24, 2.45) is 0 Å². The molecular formula is C19H22N2. The topological polar surface area (TPSA) is 15.3 Å². The molecule has 2 aliphatic heterocycles. The number of benzene rings is 2. The SMILES string of the molecule is c1ccc(C2CC(N3CCCC3)c3ccccc3N2)cc1. The Labute approximate surface area is 126 Å². The van der Waals surface area contributed by atoms with Crippen LogP contribution in [0.25, 0.3) is 0 Å². The average molecular weight is 278 g/mol. The van der Waals surface area contributed by atoms with E-state index in [2.05, 4.69) is 64.8 Å². The molecule has 0 spiro atoms. The molecule has 2 unspecified atom stereocenters. The van der Waals surface area contributed by atoms with Crippen molar-refractivity contribution in [1.82, 2.24) is 4.90 Å². The van der Waals surface area contributed by atoms with Crippen molar-refractivity contribution in [3.63, 3.8) is 0 Å². The first kappa shape index (κ1) is 12.9. The quantitative estimate of drug-likeness (QED) is 0.877. The summed E-state index contributed by atoms with van der Waals surface area (Å²) >= 11 is 0. The Morgan fingerprint density at radius 1 is 0.857 bits per heavy atom. The van der Waals surface area contributed by atoms with Gasteiger partial charge in [-0.2, -0.15) is 0 Å². The van der Waals surface area contributed by atoms with E-state index in [1.165, 1.54) is 49.2 Å². The number of anilines is 1. The lowest BCUT2D eigenvalue weighted by molar-refractivity contribution is 0.221. The number of rotatable bonds is 2. The zero-order chi connectivity index (χ0) is 14.1. The predicted octanol–water partition coefficient (Wildman–Crippen LogP) is 4.38. The van der Waals surface area contributed by atoms with E-state index in [-0.39, 0.29) is 0 Å². The zero-order valence-corrected chi connectivity index (χ0v) is 12.3. The van der Waals surface area contributed by atoms with Gasteiger partial charge in [0.1, 0.15) is 0 Å². The highest BCUT2D eigenvalue weighted by Crippen LogP contribution is 2.42. The summed E-state index contributed by atoms with van der Waals surface area (Å²) in [6.45, 7) is 2.50.